The van der Waals surface area contributed by atoms with Crippen LogP contribution in [0.15, 0.2) is 35.9 Å². The molecule has 0 heterocycles. The number of benzene rings is 1. The van der Waals surface area contributed by atoms with Gasteiger partial charge in [-0.1, -0.05) is 18.6 Å². The van der Waals surface area contributed by atoms with Crippen LogP contribution < -0.4 is 10.1 Å². The Bertz CT molecular complexity index is 1020. The number of fused-ring (bicyclic) bond motifs is 2. The van der Waals surface area contributed by atoms with E-state index in [1.165, 1.54) is 6.08 Å². The monoisotopic (exact) mass is 636 g/mol. The van der Waals surface area contributed by atoms with Crippen molar-refractivity contribution in [1.82, 2.24) is 10.2 Å². The van der Waals surface area contributed by atoms with Gasteiger partial charge in [0.05, 0.1) is 16.2 Å². The Kier molecular flexibility index (Phi) is 9.05. The number of ether oxygens (including phenoxy) is 1. The first-order valence-corrected chi connectivity index (χ1v) is 13.7. The Hall–Kier alpha value is -1.86. The number of halogens is 4. The summed E-state index contributed by atoms with van der Waals surface area (Å²) in [5.41, 5.74) is 0.0968. The maximum absolute atomic E-state index is 13.7. The molecule has 1 aromatic carbocycles. The van der Waals surface area contributed by atoms with Crippen molar-refractivity contribution in [3.05, 3.63) is 39.5 Å². The predicted molar refractivity (Wildman–Crippen MR) is 137 cm³/mol. The van der Waals surface area contributed by atoms with E-state index in [1.54, 1.807) is 24.3 Å². The lowest BCUT2D eigenvalue weighted by molar-refractivity contribution is -0.173. The van der Waals surface area contributed by atoms with Gasteiger partial charge in [0.2, 0.25) is 11.8 Å². The summed E-state index contributed by atoms with van der Waals surface area (Å²) in [5, 5.41) is 22.8. The highest BCUT2D eigenvalue weighted by atomic mass is 127. The van der Waals surface area contributed by atoms with Crippen LogP contribution in [0.4, 0.5) is 13.2 Å². The number of amides is 2. The highest BCUT2D eigenvalue weighted by molar-refractivity contribution is 14.1. The summed E-state index contributed by atoms with van der Waals surface area (Å²) in [6.45, 7) is -1.87. The summed E-state index contributed by atoms with van der Waals surface area (Å²) in [5.74, 6) is 0.0844. The largest absolute Gasteiger partial charge is 0.482 e. The van der Waals surface area contributed by atoms with Crippen LogP contribution >= 0.6 is 22.6 Å². The molecule has 37 heavy (non-hydrogen) atoms. The molecule has 2 amide bonds. The van der Waals surface area contributed by atoms with Crippen molar-refractivity contribution in [1.29, 1.82) is 0 Å². The summed E-state index contributed by atoms with van der Waals surface area (Å²) >= 11 is 2.04. The number of carbonyl (C=O) groups excluding carboxylic acids is 2. The zero-order valence-electron chi connectivity index (χ0n) is 20.3. The van der Waals surface area contributed by atoms with Crippen LogP contribution in [-0.2, 0) is 9.59 Å². The highest BCUT2D eigenvalue weighted by Crippen LogP contribution is 2.50. The van der Waals surface area contributed by atoms with Crippen molar-refractivity contribution in [3.63, 3.8) is 0 Å². The third kappa shape index (κ3) is 6.97. The van der Waals surface area contributed by atoms with E-state index in [2.05, 4.69) is 5.32 Å². The second-order valence-electron chi connectivity index (χ2n) is 10.2. The number of rotatable bonds is 9. The van der Waals surface area contributed by atoms with Crippen molar-refractivity contribution in [2.24, 2.45) is 17.8 Å². The molecule has 6 atom stereocenters. The predicted octanol–water partition coefficient (Wildman–Crippen LogP) is 3.42. The first-order chi connectivity index (χ1) is 17.6. The van der Waals surface area contributed by atoms with Gasteiger partial charge in [0.15, 0.2) is 0 Å². The van der Waals surface area contributed by atoms with Crippen LogP contribution in [0.25, 0.3) is 0 Å². The van der Waals surface area contributed by atoms with E-state index in [4.69, 9.17) is 9.84 Å². The molecular formula is C26H32F3IN2O5. The van der Waals surface area contributed by atoms with Gasteiger partial charge in [-0.05, 0) is 77.8 Å². The third-order valence-electron chi connectivity index (χ3n) is 7.71. The Morgan fingerprint density at radius 3 is 2.57 bits per heavy atom. The number of aliphatic hydroxyl groups is 2. The second kappa shape index (κ2) is 11.9. The first kappa shape index (κ1) is 28.2. The lowest BCUT2D eigenvalue weighted by Gasteiger charge is -2.41. The van der Waals surface area contributed by atoms with Crippen LogP contribution in [0.5, 0.6) is 5.75 Å². The normalized spacial score (nSPS) is 29.1. The molecule has 1 aromatic rings. The number of nitrogens with one attached hydrogen (secondary N) is 1. The van der Waals surface area contributed by atoms with Crippen LogP contribution in [0.2, 0.25) is 0 Å². The maximum atomic E-state index is 13.7. The number of hydrogen-bond acceptors (Lipinski definition) is 5. The van der Waals surface area contributed by atoms with Crippen LogP contribution in [0.3, 0.4) is 0 Å². The molecule has 7 nitrogen and oxygen atoms in total. The third-order valence-corrected chi connectivity index (χ3v) is 8.60. The molecule has 2 bridgehead atoms. The average Bonchev–Trinajstić information content (AvgIpc) is 3.46. The van der Waals surface area contributed by atoms with E-state index in [0.717, 1.165) is 25.7 Å². The van der Waals surface area contributed by atoms with Gasteiger partial charge in [-0.25, -0.2) is 0 Å². The van der Waals surface area contributed by atoms with Gasteiger partial charge in [-0.2, -0.15) is 13.2 Å². The number of nitrogens with zero attached hydrogens (tertiary/aromatic N) is 1. The standard InChI is InChI=1S/C26H32F3IN2O5/c27-26(28,29)14-32(23(34)13-17-10-15-5-6-16(17)9-15)20-11-18(25(36)31-7-8-33)12-22(24(20)35)37-21-4-2-1-3-19(21)30/h1-4,12,15-17,20,22,24,33,35H,5-11,13-14H2,(H,31,36). The minimum atomic E-state index is -4.68. The molecule has 4 rings (SSSR count). The minimum Gasteiger partial charge on any atom is -0.482 e. The molecule has 3 aliphatic rings. The fraction of sp³-hybridized carbons (Fsp3) is 0.615. The second-order valence-corrected chi connectivity index (χ2v) is 11.4. The quantitative estimate of drug-likeness (QED) is 0.361. The molecular weight excluding hydrogens is 604 g/mol. The molecule has 6 unspecified atom stereocenters. The Morgan fingerprint density at radius 1 is 1.19 bits per heavy atom. The molecule has 0 spiro atoms. The molecule has 11 heteroatoms. The van der Waals surface area contributed by atoms with Crippen molar-refractivity contribution in [3.8, 4) is 5.75 Å². The van der Waals surface area contributed by atoms with Crippen molar-refractivity contribution < 1.29 is 37.7 Å². The summed E-state index contributed by atoms with van der Waals surface area (Å²) in [6.07, 6.45) is -2.23. The molecule has 3 aliphatic carbocycles. The molecule has 3 N–H and O–H groups in total. The molecule has 0 saturated heterocycles. The van der Waals surface area contributed by atoms with Gasteiger partial charge in [0.25, 0.3) is 0 Å². The maximum Gasteiger partial charge on any atom is 0.406 e. The Labute approximate surface area is 227 Å². The van der Waals surface area contributed by atoms with E-state index in [9.17, 15) is 27.9 Å². The Morgan fingerprint density at radius 2 is 1.95 bits per heavy atom. The Balaban J connectivity index is 1.61. The van der Waals surface area contributed by atoms with Crippen molar-refractivity contribution in [2.45, 2.75) is 63.0 Å². The lowest BCUT2D eigenvalue weighted by Crippen LogP contribution is -2.57. The van der Waals surface area contributed by atoms with Crippen LogP contribution in [-0.4, -0.2) is 71.0 Å². The van der Waals surface area contributed by atoms with E-state index in [1.807, 2.05) is 22.6 Å². The molecule has 0 aromatic heterocycles. The van der Waals surface area contributed by atoms with Crippen LogP contribution in [0, 0.1) is 21.3 Å². The summed E-state index contributed by atoms with van der Waals surface area (Å²) in [4.78, 5) is 26.9. The first-order valence-electron chi connectivity index (χ1n) is 12.6. The summed E-state index contributed by atoms with van der Waals surface area (Å²) in [7, 11) is 0. The van der Waals surface area contributed by atoms with E-state index >= 15 is 0 Å². The summed E-state index contributed by atoms with van der Waals surface area (Å²) < 4.78 is 47.8. The molecule has 2 fully saturated rings. The average molecular weight is 636 g/mol. The van der Waals surface area contributed by atoms with Crippen molar-refractivity contribution in [2.75, 3.05) is 19.7 Å². The number of carbonyl (C=O) groups is 2. The fourth-order valence-corrected chi connectivity index (χ4v) is 6.53. The molecule has 204 valence electrons. The van der Waals surface area contributed by atoms with E-state index in [0.29, 0.717) is 26.1 Å². The van der Waals surface area contributed by atoms with E-state index < -0.39 is 42.8 Å². The SMILES string of the molecule is O=C(NCCO)C1=CC(Oc2ccccc2I)C(O)C(N(CC(F)(F)F)C(=O)CC2CC3CCC2C3)C1. The van der Waals surface area contributed by atoms with Gasteiger partial charge in [-0.3, -0.25) is 9.59 Å². The van der Waals surface area contributed by atoms with Gasteiger partial charge < -0.3 is 25.2 Å². The highest BCUT2D eigenvalue weighted by Gasteiger charge is 2.46. The molecule has 0 radical (unpaired) electrons. The van der Waals surface area contributed by atoms with Gasteiger partial charge in [0.1, 0.15) is 24.5 Å². The fourth-order valence-electron chi connectivity index (χ4n) is 6.02. The van der Waals surface area contributed by atoms with Gasteiger partial charge in [-0.15, -0.1) is 0 Å². The smallest absolute Gasteiger partial charge is 0.406 e. The number of para-hydroxylation sites is 1. The topological polar surface area (TPSA) is 99.1 Å². The van der Waals surface area contributed by atoms with Gasteiger partial charge in [0, 0.05) is 25.0 Å². The van der Waals surface area contributed by atoms with Gasteiger partial charge >= 0.3 is 6.18 Å². The number of aliphatic hydroxyl groups excluding tert-OH is 2. The molecule has 2 saturated carbocycles. The zero-order chi connectivity index (χ0) is 26.7. The number of alkyl halides is 3. The molecule has 0 aliphatic heterocycles. The zero-order valence-corrected chi connectivity index (χ0v) is 22.5. The summed E-state index contributed by atoms with van der Waals surface area (Å²) in [6, 6.07) is 5.63. The minimum absolute atomic E-state index is 0.00166. The number of hydrogen-bond donors (Lipinski definition) is 3. The lowest BCUT2D eigenvalue weighted by atomic mass is 9.84. The van der Waals surface area contributed by atoms with E-state index in [-0.39, 0.29) is 37.5 Å². The van der Waals surface area contributed by atoms with Crippen LogP contribution in [0.1, 0.15) is 38.5 Å². The van der Waals surface area contributed by atoms with Crippen molar-refractivity contribution >= 4 is 34.4 Å².